The first-order valence-electron chi connectivity index (χ1n) is 7.93. The van der Waals surface area contributed by atoms with Gasteiger partial charge in [-0.2, -0.15) is 0 Å². The lowest BCUT2D eigenvalue weighted by Gasteiger charge is -2.13. The number of nitrogens with one attached hydrogen (secondary N) is 1. The van der Waals surface area contributed by atoms with E-state index in [1.165, 1.54) is 6.92 Å². The Morgan fingerprint density at radius 1 is 1.07 bits per heavy atom. The van der Waals surface area contributed by atoms with Crippen LogP contribution in [0.4, 0.5) is 18.9 Å². The summed E-state index contributed by atoms with van der Waals surface area (Å²) >= 11 is 0. The number of amides is 1. The highest BCUT2D eigenvalue weighted by atomic mass is 19.2. The molecule has 3 rings (SSSR count). The summed E-state index contributed by atoms with van der Waals surface area (Å²) in [5.41, 5.74) is 0.472. The number of halogens is 3. The number of anilines is 1. The van der Waals surface area contributed by atoms with Crippen LogP contribution in [0, 0.1) is 24.4 Å². The number of hydrogen-bond donors (Lipinski definition) is 1. The minimum Gasteiger partial charge on any atom is -0.449 e. The first-order valence-corrected chi connectivity index (χ1v) is 7.93. The topological polar surface area (TPSA) is 68.5 Å². The lowest BCUT2D eigenvalue weighted by Crippen LogP contribution is -2.30. The summed E-state index contributed by atoms with van der Waals surface area (Å²) in [6.07, 6.45) is -1.34. The van der Waals surface area contributed by atoms with Gasteiger partial charge in [0.05, 0.1) is 5.69 Å². The molecule has 0 bridgehead atoms. The number of aryl methyl sites for hydroxylation is 1. The van der Waals surface area contributed by atoms with Crippen molar-refractivity contribution in [2.24, 2.45) is 0 Å². The van der Waals surface area contributed by atoms with E-state index in [4.69, 9.17) is 9.15 Å². The largest absolute Gasteiger partial charge is 0.449 e. The van der Waals surface area contributed by atoms with Gasteiger partial charge >= 0.3 is 5.97 Å². The number of para-hydroxylation sites is 1. The third-order valence-electron chi connectivity index (χ3n) is 3.98. The fourth-order valence-electron chi connectivity index (χ4n) is 2.49. The number of carbonyl (C=O) groups excluding carboxylic acids is 2. The van der Waals surface area contributed by atoms with Gasteiger partial charge < -0.3 is 14.5 Å². The van der Waals surface area contributed by atoms with Gasteiger partial charge in [-0.05, 0) is 32.0 Å². The summed E-state index contributed by atoms with van der Waals surface area (Å²) in [6, 6.07) is 8.51. The SMILES string of the molecule is Cc1c(C(=O)OC(C)C(=O)Nc2ccc(F)c(F)c2F)oc2ccccc12. The van der Waals surface area contributed by atoms with E-state index in [1.807, 2.05) is 5.32 Å². The van der Waals surface area contributed by atoms with Gasteiger partial charge in [-0.1, -0.05) is 18.2 Å². The average molecular weight is 377 g/mol. The first-order chi connectivity index (χ1) is 12.8. The van der Waals surface area contributed by atoms with Crippen molar-refractivity contribution in [3.05, 3.63) is 65.2 Å². The second-order valence-corrected chi connectivity index (χ2v) is 5.81. The highest BCUT2D eigenvalue weighted by molar-refractivity contribution is 5.99. The number of carbonyl (C=O) groups is 2. The van der Waals surface area contributed by atoms with E-state index in [0.717, 1.165) is 11.5 Å². The second-order valence-electron chi connectivity index (χ2n) is 5.81. The summed E-state index contributed by atoms with van der Waals surface area (Å²) in [5.74, 6) is -6.50. The fourth-order valence-corrected chi connectivity index (χ4v) is 2.49. The average Bonchev–Trinajstić information content (AvgIpc) is 2.99. The molecule has 5 nitrogen and oxygen atoms in total. The van der Waals surface area contributed by atoms with Gasteiger partial charge in [0.15, 0.2) is 23.6 Å². The van der Waals surface area contributed by atoms with Crippen molar-refractivity contribution in [1.82, 2.24) is 0 Å². The number of hydrogen-bond acceptors (Lipinski definition) is 4. The Balaban J connectivity index is 1.73. The molecule has 1 unspecified atom stereocenters. The van der Waals surface area contributed by atoms with E-state index >= 15 is 0 Å². The summed E-state index contributed by atoms with van der Waals surface area (Å²) < 4.78 is 50.3. The molecule has 0 saturated carbocycles. The molecule has 1 heterocycles. The maximum atomic E-state index is 13.6. The molecule has 0 aliphatic carbocycles. The summed E-state index contributed by atoms with van der Waals surface area (Å²) in [7, 11) is 0. The third-order valence-corrected chi connectivity index (χ3v) is 3.98. The molecule has 2 aromatic carbocycles. The van der Waals surface area contributed by atoms with E-state index < -0.39 is 41.1 Å². The van der Waals surface area contributed by atoms with Crippen molar-refractivity contribution in [2.75, 3.05) is 5.32 Å². The standard InChI is InChI=1S/C19H14F3NO4/c1-9-11-5-3-4-6-14(11)27-17(9)19(25)26-10(2)18(24)23-13-8-7-12(20)15(21)16(13)22/h3-8,10H,1-2H3,(H,23,24). The Morgan fingerprint density at radius 3 is 2.48 bits per heavy atom. The lowest BCUT2D eigenvalue weighted by atomic mass is 10.1. The maximum Gasteiger partial charge on any atom is 0.375 e. The monoisotopic (exact) mass is 377 g/mol. The number of furan rings is 1. The molecule has 1 N–H and O–H groups in total. The van der Waals surface area contributed by atoms with E-state index in [9.17, 15) is 22.8 Å². The Hall–Kier alpha value is -3.29. The second kappa shape index (κ2) is 7.14. The van der Waals surface area contributed by atoms with Gasteiger partial charge in [0, 0.05) is 10.9 Å². The van der Waals surface area contributed by atoms with Gasteiger partial charge in [-0.3, -0.25) is 4.79 Å². The number of ether oxygens (including phenoxy) is 1. The zero-order valence-electron chi connectivity index (χ0n) is 14.3. The van der Waals surface area contributed by atoms with Crippen molar-refractivity contribution < 1.29 is 31.9 Å². The lowest BCUT2D eigenvalue weighted by molar-refractivity contribution is -0.123. The van der Waals surface area contributed by atoms with Crippen LogP contribution in [-0.4, -0.2) is 18.0 Å². The van der Waals surface area contributed by atoms with Gasteiger partial charge in [0.25, 0.3) is 5.91 Å². The molecule has 0 aliphatic rings. The summed E-state index contributed by atoms with van der Waals surface area (Å²) in [6.45, 7) is 2.92. The molecular weight excluding hydrogens is 363 g/mol. The van der Waals surface area contributed by atoms with Crippen LogP contribution in [0.1, 0.15) is 23.0 Å². The molecule has 1 amide bonds. The molecule has 0 fully saturated rings. The zero-order valence-corrected chi connectivity index (χ0v) is 14.3. The van der Waals surface area contributed by atoms with Crippen LogP contribution in [0.3, 0.4) is 0 Å². The van der Waals surface area contributed by atoms with E-state index in [-0.39, 0.29) is 5.76 Å². The first kappa shape index (κ1) is 18.5. The van der Waals surface area contributed by atoms with Crippen molar-refractivity contribution in [1.29, 1.82) is 0 Å². The number of esters is 1. The van der Waals surface area contributed by atoms with Crippen LogP contribution in [0.15, 0.2) is 40.8 Å². The van der Waals surface area contributed by atoms with Crippen molar-refractivity contribution >= 4 is 28.5 Å². The predicted octanol–water partition coefficient (Wildman–Crippen LogP) is 4.34. The molecule has 0 spiro atoms. The smallest absolute Gasteiger partial charge is 0.375 e. The van der Waals surface area contributed by atoms with Crippen LogP contribution in [0.2, 0.25) is 0 Å². The molecule has 3 aromatic rings. The Labute approximate surface area is 151 Å². The maximum absolute atomic E-state index is 13.6. The molecule has 8 heteroatoms. The van der Waals surface area contributed by atoms with Crippen LogP contribution >= 0.6 is 0 Å². The van der Waals surface area contributed by atoms with Gasteiger partial charge in [0.1, 0.15) is 5.58 Å². The van der Waals surface area contributed by atoms with Crippen LogP contribution in [0.5, 0.6) is 0 Å². The number of fused-ring (bicyclic) bond motifs is 1. The predicted molar refractivity (Wildman–Crippen MR) is 90.8 cm³/mol. The summed E-state index contributed by atoms with van der Waals surface area (Å²) in [4.78, 5) is 24.4. The Morgan fingerprint density at radius 2 is 1.78 bits per heavy atom. The van der Waals surface area contributed by atoms with E-state index in [0.29, 0.717) is 17.2 Å². The minimum absolute atomic E-state index is 0.0603. The van der Waals surface area contributed by atoms with Gasteiger partial charge in [-0.15, -0.1) is 0 Å². The van der Waals surface area contributed by atoms with Crippen LogP contribution < -0.4 is 5.32 Å². The minimum atomic E-state index is -1.71. The highest BCUT2D eigenvalue weighted by Gasteiger charge is 2.25. The number of rotatable bonds is 4. The van der Waals surface area contributed by atoms with E-state index in [2.05, 4.69) is 0 Å². The highest BCUT2D eigenvalue weighted by Crippen LogP contribution is 2.26. The van der Waals surface area contributed by atoms with Gasteiger partial charge in [-0.25, -0.2) is 18.0 Å². The summed E-state index contributed by atoms with van der Waals surface area (Å²) in [5, 5.41) is 2.77. The molecule has 0 saturated heterocycles. The van der Waals surface area contributed by atoms with Crippen LogP contribution in [-0.2, 0) is 9.53 Å². The Bertz CT molecular complexity index is 1040. The molecule has 140 valence electrons. The molecule has 1 atom stereocenters. The Kier molecular flexibility index (Phi) is 4.89. The van der Waals surface area contributed by atoms with Crippen molar-refractivity contribution in [3.8, 4) is 0 Å². The van der Waals surface area contributed by atoms with Crippen molar-refractivity contribution in [2.45, 2.75) is 20.0 Å². The molecule has 0 aliphatic heterocycles. The zero-order chi connectivity index (χ0) is 19.7. The third kappa shape index (κ3) is 3.51. The fraction of sp³-hybridized carbons (Fsp3) is 0.158. The van der Waals surface area contributed by atoms with E-state index in [1.54, 1.807) is 31.2 Å². The molecule has 27 heavy (non-hydrogen) atoms. The van der Waals surface area contributed by atoms with Crippen molar-refractivity contribution in [3.63, 3.8) is 0 Å². The molecule has 0 radical (unpaired) electrons. The normalized spacial score (nSPS) is 12.0. The molecular formula is C19H14F3NO4. The number of benzene rings is 2. The van der Waals surface area contributed by atoms with Gasteiger partial charge in [0.2, 0.25) is 5.76 Å². The van der Waals surface area contributed by atoms with Crippen LogP contribution in [0.25, 0.3) is 11.0 Å². The quantitative estimate of drug-likeness (QED) is 0.542. The molecule has 1 aromatic heterocycles.